The van der Waals surface area contributed by atoms with Crippen LogP contribution in [0.4, 0.5) is 8.78 Å². The molecule has 0 aromatic heterocycles. The quantitative estimate of drug-likeness (QED) is 0.836. The predicted octanol–water partition coefficient (Wildman–Crippen LogP) is 2.31. The summed E-state index contributed by atoms with van der Waals surface area (Å²) in [4.78, 5) is 0. The van der Waals surface area contributed by atoms with E-state index in [9.17, 15) is 17.2 Å². The van der Waals surface area contributed by atoms with Crippen LogP contribution in [0.1, 0.15) is 25.5 Å². The molecule has 0 aliphatic carbocycles. The van der Waals surface area contributed by atoms with Crippen molar-refractivity contribution in [1.29, 1.82) is 0 Å². The second-order valence-corrected chi connectivity index (χ2v) is 6.08. The van der Waals surface area contributed by atoms with Gasteiger partial charge < -0.3 is 0 Å². The van der Waals surface area contributed by atoms with Crippen LogP contribution in [-0.2, 0) is 10.0 Å². The highest BCUT2D eigenvalue weighted by Crippen LogP contribution is 2.24. The number of benzene rings is 1. The molecule has 1 rings (SSSR count). The summed E-state index contributed by atoms with van der Waals surface area (Å²) < 4.78 is 50.8. The Kier molecular flexibility index (Phi) is 4.21. The normalized spacial score (nSPS) is 14.0. The summed E-state index contributed by atoms with van der Waals surface area (Å²) in [5.41, 5.74) is 0.0320. The van der Waals surface area contributed by atoms with Crippen molar-refractivity contribution >= 4 is 10.0 Å². The Morgan fingerprint density at radius 3 is 2.47 bits per heavy atom. The van der Waals surface area contributed by atoms with Crippen molar-refractivity contribution in [2.75, 3.05) is 12.8 Å². The minimum Gasteiger partial charge on any atom is -0.212 e. The van der Waals surface area contributed by atoms with Gasteiger partial charge in [0.1, 0.15) is 11.6 Å². The van der Waals surface area contributed by atoms with E-state index < -0.39 is 27.7 Å². The fourth-order valence-electron chi connectivity index (χ4n) is 1.48. The summed E-state index contributed by atoms with van der Waals surface area (Å²) in [6.07, 6.45) is 0. The van der Waals surface area contributed by atoms with Gasteiger partial charge in [-0.05, 0) is 32.0 Å². The van der Waals surface area contributed by atoms with Crippen molar-refractivity contribution < 1.29 is 17.2 Å². The maximum Gasteiger partial charge on any atom is 0.214 e. The van der Waals surface area contributed by atoms with Crippen molar-refractivity contribution in [2.45, 2.75) is 19.9 Å². The molecule has 0 aliphatic heterocycles. The number of hydrogen-bond acceptors (Lipinski definition) is 2. The summed E-state index contributed by atoms with van der Waals surface area (Å²) in [5.74, 6) is -1.28. The van der Waals surface area contributed by atoms with E-state index in [1.807, 2.05) is 0 Å². The van der Waals surface area contributed by atoms with Crippen LogP contribution < -0.4 is 0 Å². The van der Waals surface area contributed by atoms with E-state index >= 15 is 0 Å². The Morgan fingerprint density at radius 2 is 1.94 bits per heavy atom. The Morgan fingerprint density at radius 1 is 1.35 bits per heavy atom. The van der Waals surface area contributed by atoms with Gasteiger partial charge in [0.25, 0.3) is 0 Å². The van der Waals surface area contributed by atoms with Crippen LogP contribution in [0.3, 0.4) is 0 Å². The molecule has 17 heavy (non-hydrogen) atoms. The van der Waals surface area contributed by atoms with Crippen LogP contribution in [0.15, 0.2) is 18.2 Å². The average Bonchev–Trinajstić information content (AvgIpc) is 2.30. The molecule has 96 valence electrons. The summed E-state index contributed by atoms with van der Waals surface area (Å²) in [6, 6.07) is 2.27. The second-order valence-electron chi connectivity index (χ2n) is 3.76. The van der Waals surface area contributed by atoms with Crippen LogP contribution in [-0.4, -0.2) is 25.5 Å². The van der Waals surface area contributed by atoms with Crippen molar-refractivity contribution in [3.8, 4) is 0 Å². The van der Waals surface area contributed by atoms with E-state index in [0.717, 1.165) is 22.5 Å². The molecule has 6 heteroatoms. The van der Waals surface area contributed by atoms with Crippen LogP contribution in [0, 0.1) is 11.6 Å². The second kappa shape index (κ2) is 5.10. The highest BCUT2D eigenvalue weighted by atomic mass is 32.2. The van der Waals surface area contributed by atoms with E-state index in [4.69, 9.17) is 0 Å². The molecule has 1 aromatic rings. The largest absolute Gasteiger partial charge is 0.214 e. The van der Waals surface area contributed by atoms with Crippen LogP contribution in [0.5, 0.6) is 0 Å². The zero-order valence-electron chi connectivity index (χ0n) is 9.94. The molecule has 0 bridgehead atoms. The number of nitrogens with zero attached hydrogens (tertiary/aromatic N) is 1. The van der Waals surface area contributed by atoms with E-state index in [0.29, 0.717) is 0 Å². The maximum atomic E-state index is 13.5. The van der Waals surface area contributed by atoms with Crippen LogP contribution in [0.25, 0.3) is 0 Å². The van der Waals surface area contributed by atoms with Gasteiger partial charge in [0.05, 0.1) is 5.75 Å². The van der Waals surface area contributed by atoms with Crippen LogP contribution >= 0.6 is 0 Å². The minimum absolute atomic E-state index is 0.0320. The van der Waals surface area contributed by atoms with Crippen molar-refractivity contribution in [2.24, 2.45) is 0 Å². The van der Waals surface area contributed by atoms with Gasteiger partial charge in [0, 0.05) is 18.7 Å². The molecule has 0 spiro atoms. The first-order valence-electron chi connectivity index (χ1n) is 5.20. The zero-order chi connectivity index (χ0) is 13.2. The molecule has 0 amide bonds. The van der Waals surface area contributed by atoms with Gasteiger partial charge in [-0.1, -0.05) is 0 Å². The van der Waals surface area contributed by atoms with Crippen molar-refractivity contribution in [1.82, 2.24) is 4.31 Å². The Bertz CT molecular complexity index is 502. The molecule has 0 saturated carbocycles. The van der Waals surface area contributed by atoms with Gasteiger partial charge in [0.15, 0.2) is 0 Å². The number of sulfonamides is 1. The first kappa shape index (κ1) is 14.1. The van der Waals surface area contributed by atoms with Gasteiger partial charge in [-0.15, -0.1) is 0 Å². The third-order valence-corrected chi connectivity index (χ3v) is 4.68. The molecule has 0 radical (unpaired) electrons. The lowest BCUT2D eigenvalue weighted by Crippen LogP contribution is -2.31. The minimum atomic E-state index is -3.43. The molecule has 0 N–H and O–H groups in total. The van der Waals surface area contributed by atoms with Crippen molar-refractivity contribution in [3.63, 3.8) is 0 Å². The molecule has 1 aromatic carbocycles. The van der Waals surface area contributed by atoms with Crippen molar-refractivity contribution in [3.05, 3.63) is 35.4 Å². The third-order valence-electron chi connectivity index (χ3n) is 2.76. The molecule has 1 unspecified atom stereocenters. The lowest BCUT2D eigenvalue weighted by atomic mass is 10.1. The molecule has 0 saturated heterocycles. The number of hydrogen-bond donors (Lipinski definition) is 0. The summed E-state index contributed by atoms with van der Waals surface area (Å²) in [6.45, 7) is 3.02. The van der Waals surface area contributed by atoms with Gasteiger partial charge in [0.2, 0.25) is 10.0 Å². The Hall–Kier alpha value is -1.01. The fourth-order valence-corrected chi connectivity index (χ4v) is 2.48. The smallest absolute Gasteiger partial charge is 0.212 e. The van der Waals surface area contributed by atoms with Gasteiger partial charge >= 0.3 is 0 Å². The van der Waals surface area contributed by atoms with E-state index in [-0.39, 0.29) is 11.3 Å². The lowest BCUT2D eigenvalue weighted by molar-refractivity contribution is 0.386. The molecule has 1 atom stereocenters. The molecular weight excluding hydrogens is 248 g/mol. The van der Waals surface area contributed by atoms with E-state index in [1.54, 1.807) is 0 Å². The van der Waals surface area contributed by atoms with Crippen LogP contribution in [0.2, 0.25) is 0 Å². The summed E-state index contributed by atoms with van der Waals surface area (Å²) in [5, 5.41) is 0. The molecule has 0 fully saturated rings. The Balaban J connectivity index is 3.12. The number of rotatable bonds is 4. The Labute approximate surface area is 100 Å². The SMILES string of the molecule is CCS(=O)(=O)N(C)C(C)c1cc(F)ccc1F. The van der Waals surface area contributed by atoms with Gasteiger partial charge in [-0.3, -0.25) is 0 Å². The van der Waals surface area contributed by atoms with Gasteiger partial charge in [-0.2, -0.15) is 4.31 Å². The van der Waals surface area contributed by atoms with Gasteiger partial charge in [-0.25, -0.2) is 17.2 Å². The standard InChI is InChI=1S/C11H15F2NO2S/c1-4-17(15,16)14(3)8(2)10-7-9(12)5-6-11(10)13/h5-8H,4H2,1-3H3. The highest BCUT2D eigenvalue weighted by Gasteiger charge is 2.24. The molecule has 3 nitrogen and oxygen atoms in total. The third kappa shape index (κ3) is 3.01. The maximum absolute atomic E-state index is 13.5. The average molecular weight is 263 g/mol. The number of halogens is 2. The predicted molar refractivity (Wildman–Crippen MR) is 62.0 cm³/mol. The topological polar surface area (TPSA) is 37.4 Å². The fraction of sp³-hybridized carbons (Fsp3) is 0.455. The van der Waals surface area contributed by atoms with E-state index in [1.165, 1.54) is 20.9 Å². The molecular formula is C11H15F2NO2S. The first-order chi connectivity index (χ1) is 7.79. The van der Waals surface area contributed by atoms with E-state index in [2.05, 4.69) is 0 Å². The first-order valence-corrected chi connectivity index (χ1v) is 6.81. The highest BCUT2D eigenvalue weighted by molar-refractivity contribution is 7.89. The summed E-state index contributed by atoms with van der Waals surface area (Å²) in [7, 11) is -2.08. The molecule has 0 aliphatic rings. The monoisotopic (exact) mass is 263 g/mol. The zero-order valence-corrected chi connectivity index (χ0v) is 10.8. The summed E-state index contributed by atoms with van der Waals surface area (Å²) >= 11 is 0. The molecule has 0 heterocycles. The lowest BCUT2D eigenvalue weighted by Gasteiger charge is -2.24.